The van der Waals surface area contributed by atoms with Crippen molar-refractivity contribution in [1.29, 1.82) is 0 Å². The average molecular weight is 581 g/mol. The van der Waals surface area contributed by atoms with Crippen LogP contribution in [0.2, 0.25) is 5.02 Å². The zero-order valence-electron chi connectivity index (χ0n) is 23.0. The van der Waals surface area contributed by atoms with Gasteiger partial charge in [0.15, 0.2) is 0 Å². The number of aliphatic hydroxyl groups is 1. The van der Waals surface area contributed by atoms with Crippen LogP contribution in [0.1, 0.15) is 40.2 Å². The van der Waals surface area contributed by atoms with Crippen LogP contribution in [0.25, 0.3) is 10.2 Å². The molecule has 4 rings (SSSR count). The third-order valence-corrected chi connectivity index (χ3v) is 8.20. The Morgan fingerprint density at radius 1 is 1.12 bits per heavy atom. The van der Waals surface area contributed by atoms with Crippen molar-refractivity contribution in [3.63, 3.8) is 0 Å². The number of carbonyl (C=O) groups excluding carboxylic acids is 2. The summed E-state index contributed by atoms with van der Waals surface area (Å²) in [4.78, 5) is 40.3. The maximum atomic E-state index is 13.4. The molecule has 0 aliphatic rings. The van der Waals surface area contributed by atoms with E-state index in [9.17, 15) is 19.5 Å². The molecule has 0 aliphatic heterocycles. The lowest BCUT2D eigenvalue weighted by molar-refractivity contribution is -0.120. The lowest BCUT2D eigenvalue weighted by Gasteiger charge is -2.21. The van der Waals surface area contributed by atoms with E-state index in [1.807, 2.05) is 42.6 Å². The molecule has 1 unspecified atom stereocenters. The quantitative estimate of drug-likeness (QED) is 0.255. The molecule has 2 heterocycles. The Balaban J connectivity index is 1.43. The second-order valence-electron chi connectivity index (χ2n) is 10.0. The number of carbonyl (C=O) groups is 2. The lowest BCUT2D eigenvalue weighted by Crippen LogP contribution is -2.27. The Labute approximate surface area is 242 Å². The summed E-state index contributed by atoms with van der Waals surface area (Å²) < 4.78 is 2.54. The van der Waals surface area contributed by atoms with Gasteiger partial charge < -0.3 is 20.3 Å². The van der Waals surface area contributed by atoms with Crippen molar-refractivity contribution < 1.29 is 14.7 Å². The van der Waals surface area contributed by atoms with Gasteiger partial charge in [-0.25, -0.2) is 0 Å². The number of likely N-dealkylation sites (N-methyl/N-ethyl adjacent to an activating group) is 1. The first-order valence-electron chi connectivity index (χ1n) is 12.9. The fourth-order valence-corrected chi connectivity index (χ4v) is 6.17. The van der Waals surface area contributed by atoms with Gasteiger partial charge in [-0.3, -0.25) is 19.3 Å². The number of nitrogens with zero attached hydrogens (tertiary/aromatic N) is 2. The number of aromatic nitrogens is 1. The van der Waals surface area contributed by atoms with E-state index >= 15 is 0 Å². The van der Waals surface area contributed by atoms with Crippen LogP contribution in [0.4, 0.5) is 5.69 Å². The number of anilines is 1. The minimum atomic E-state index is -0.713. The molecule has 2 amide bonds. The molecule has 0 bridgehead atoms. The summed E-state index contributed by atoms with van der Waals surface area (Å²) in [7, 11) is 3.81. The van der Waals surface area contributed by atoms with Crippen LogP contribution in [0.15, 0.2) is 59.5 Å². The van der Waals surface area contributed by atoms with Gasteiger partial charge in [0.25, 0.3) is 0 Å². The fourth-order valence-electron chi connectivity index (χ4n) is 4.65. The van der Waals surface area contributed by atoms with Crippen molar-refractivity contribution in [3.8, 4) is 0 Å². The summed E-state index contributed by atoms with van der Waals surface area (Å²) in [5, 5.41) is 17.0. The highest BCUT2D eigenvalue weighted by atomic mass is 35.5. The summed E-state index contributed by atoms with van der Waals surface area (Å²) in [6.45, 7) is 4.76. The molecule has 0 spiro atoms. The van der Waals surface area contributed by atoms with Gasteiger partial charge in [0.05, 0.1) is 22.7 Å². The van der Waals surface area contributed by atoms with Crippen LogP contribution in [-0.2, 0) is 36.1 Å². The normalized spacial score (nSPS) is 12.1. The van der Waals surface area contributed by atoms with Crippen molar-refractivity contribution in [2.24, 2.45) is 7.05 Å². The zero-order chi connectivity index (χ0) is 29.0. The number of amides is 2. The third-order valence-electron chi connectivity index (χ3n) is 6.68. The van der Waals surface area contributed by atoms with Gasteiger partial charge in [0.2, 0.25) is 17.2 Å². The number of rotatable bonds is 10. The molecular formula is C30H33ClN4O4S. The predicted molar refractivity (Wildman–Crippen MR) is 161 cm³/mol. The number of nitrogens with one attached hydrogen (secondary N) is 2. The zero-order valence-corrected chi connectivity index (χ0v) is 24.5. The first-order valence-corrected chi connectivity index (χ1v) is 14.1. The van der Waals surface area contributed by atoms with Gasteiger partial charge in [-0.15, -0.1) is 11.3 Å². The number of thiophene rings is 1. The van der Waals surface area contributed by atoms with Crippen molar-refractivity contribution >= 4 is 50.7 Å². The van der Waals surface area contributed by atoms with E-state index in [0.29, 0.717) is 40.6 Å². The standard InChI is InChI=1S/C30H33ClN4O4S/c1-18-26(17-34(3)16-25(37)21-7-11-24(12-8-21)33-19(2)36)40-30-28(18)35(4)15-22(29(30)39)13-27(38)32-14-20-5-9-23(31)10-6-20/h5-12,15,25,37H,13-14,16-17H2,1-4H3,(H,32,38)(H,33,36). The molecule has 0 saturated heterocycles. The Kier molecular flexibility index (Phi) is 9.42. The summed E-state index contributed by atoms with van der Waals surface area (Å²) in [5.74, 6) is -0.371. The van der Waals surface area contributed by atoms with Gasteiger partial charge in [-0.2, -0.15) is 0 Å². The number of aliphatic hydroxyl groups excluding tert-OH is 1. The van der Waals surface area contributed by atoms with Crippen LogP contribution in [0.3, 0.4) is 0 Å². The molecule has 0 fully saturated rings. The van der Waals surface area contributed by atoms with Crippen molar-refractivity contribution in [2.45, 2.75) is 39.5 Å². The second-order valence-corrected chi connectivity index (χ2v) is 11.6. The summed E-state index contributed by atoms with van der Waals surface area (Å²) in [6, 6.07) is 14.4. The van der Waals surface area contributed by atoms with Gasteiger partial charge >= 0.3 is 0 Å². The molecule has 3 N–H and O–H groups in total. The summed E-state index contributed by atoms with van der Waals surface area (Å²) in [5.41, 5.74) is 4.55. The van der Waals surface area contributed by atoms with Crippen LogP contribution < -0.4 is 16.1 Å². The molecule has 2 aromatic carbocycles. The van der Waals surface area contributed by atoms with Gasteiger partial charge in [-0.05, 0) is 54.9 Å². The van der Waals surface area contributed by atoms with Crippen LogP contribution in [0.5, 0.6) is 0 Å². The highest BCUT2D eigenvalue weighted by Crippen LogP contribution is 2.30. The predicted octanol–water partition coefficient (Wildman–Crippen LogP) is 4.54. The summed E-state index contributed by atoms with van der Waals surface area (Å²) in [6.07, 6.45) is 1.03. The third kappa shape index (κ3) is 7.17. The Hall–Kier alpha value is -3.50. The number of benzene rings is 2. The maximum absolute atomic E-state index is 13.4. The largest absolute Gasteiger partial charge is 0.387 e. The smallest absolute Gasteiger partial charge is 0.224 e. The Bertz CT molecular complexity index is 1580. The minimum Gasteiger partial charge on any atom is -0.387 e. The number of hydrogen-bond donors (Lipinski definition) is 3. The highest BCUT2D eigenvalue weighted by molar-refractivity contribution is 7.19. The first kappa shape index (κ1) is 29.5. The topological polar surface area (TPSA) is 104 Å². The second kappa shape index (κ2) is 12.8. The molecule has 8 nitrogen and oxygen atoms in total. The van der Waals surface area contributed by atoms with E-state index in [1.54, 1.807) is 42.6 Å². The van der Waals surface area contributed by atoms with Crippen molar-refractivity contribution in [2.75, 3.05) is 18.9 Å². The molecule has 10 heteroatoms. The monoisotopic (exact) mass is 580 g/mol. The molecule has 2 aromatic heterocycles. The van der Waals surface area contributed by atoms with Gasteiger partial charge in [-0.1, -0.05) is 35.9 Å². The number of aryl methyl sites for hydroxylation is 2. The number of fused-ring (bicyclic) bond motifs is 1. The first-order chi connectivity index (χ1) is 19.0. The number of halogens is 1. The van der Waals surface area contributed by atoms with E-state index < -0.39 is 6.10 Å². The molecule has 0 aliphatic carbocycles. The van der Waals surface area contributed by atoms with E-state index in [-0.39, 0.29) is 23.7 Å². The van der Waals surface area contributed by atoms with E-state index in [4.69, 9.17) is 11.6 Å². The van der Waals surface area contributed by atoms with E-state index in [1.165, 1.54) is 18.3 Å². The number of hydrogen-bond acceptors (Lipinski definition) is 6. The van der Waals surface area contributed by atoms with Crippen LogP contribution >= 0.6 is 22.9 Å². The number of pyridine rings is 1. The highest BCUT2D eigenvalue weighted by Gasteiger charge is 2.19. The Morgan fingerprint density at radius 3 is 2.45 bits per heavy atom. The molecule has 40 heavy (non-hydrogen) atoms. The SMILES string of the molecule is CC(=O)Nc1ccc(C(O)CN(C)Cc2sc3c(=O)c(CC(=O)NCc4ccc(Cl)cc4)cn(C)c3c2C)cc1. The fraction of sp³-hybridized carbons (Fsp3) is 0.300. The minimum absolute atomic E-state index is 0.00466. The molecule has 1 atom stereocenters. The Morgan fingerprint density at radius 2 is 1.80 bits per heavy atom. The van der Waals surface area contributed by atoms with Crippen LogP contribution in [-0.4, -0.2) is 40.0 Å². The van der Waals surface area contributed by atoms with E-state index in [2.05, 4.69) is 10.6 Å². The van der Waals surface area contributed by atoms with Gasteiger partial charge in [0, 0.05) is 61.0 Å². The van der Waals surface area contributed by atoms with Crippen LogP contribution in [0, 0.1) is 6.92 Å². The van der Waals surface area contributed by atoms with E-state index in [0.717, 1.165) is 27.1 Å². The molecule has 210 valence electrons. The molecule has 4 aromatic rings. The molecular weight excluding hydrogens is 548 g/mol. The molecule has 0 radical (unpaired) electrons. The van der Waals surface area contributed by atoms with Crippen molar-refractivity contribution in [3.05, 3.63) is 97.1 Å². The lowest BCUT2D eigenvalue weighted by atomic mass is 10.1. The molecule has 0 saturated carbocycles. The average Bonchev–Trinajstić information content (AvgIpc) is 3.23. The maximum Gasteiger partial charge on any atom is 0.224 e. The van der Waals surface area contributed by atoms with Crippen molar-refractivity contribution in [1.82, 2.24) is 14.8 Å². The summed E-state index contributed by atoms with van der Waals surface area (Å²) >= 11 is 7.35. The van der Waals surface area contributed by atoms with Gasteiger partial charge in [0.1, 0.15) is 0 Å².